The highest BCUT2D eigenvalue weighted by atomic mass is 32.2. The second kappa shape index (κ2) is 6.97. The molecular formula is C11H18N2O4S. The highest BCUT2D eigenvalue weighted by Gasteiger charge is 2.25. The number of hydrogen-bond acceptors (Lipinski definition) is 3. The molecule has 0 radical (unpaired) electrons. The Morgan fingerprint density at radius 1 is 1.44 bits per heavy atom. The van der Waals surface area contributed by atoms with Crippen molar-refractivity contribution in [3.05, 3.63) is 37.2 Å². The molecule has 1 heterocycles. The van der Waals surface area contributed by atoms with E-state index in [4.69, 9.17) is 4.55 Å². The maximum absolute atomic E-state index is 10.8. The van der Waals surface area contributed by atoms with E-state index in [1.807, 2.05) is 24.5 Å². The van der Waals surface area contributed by atoms with Gasteiger partial charge in [0.2, 0.25) is 5.91 Å². The van der Waals surface area contributed by atoms with Crippen LogP contribution in [0, 0.1) is 0 Å². The molecule has 1 aromatic rings. The number of nitrogens with one attached hydrogen (secondary N) is 2. The lowest BCUT2D eigenvalue weighted by Gasteiger charge is -2.23. The maximum atomic E-state index is 10.8. The van der Waals surface area contributed by atoms with Crippen LogP contribution in [0.5, 0.6) is 0 Å². The predicted octanol–water partition coefficient (Wildman–Crippen LogP) is 0.970. The molecule has 0 saturated carbocycles. The first-order chi connectivity index (χ1) is 8.16. The van der Waals surface area contributed by atoms with Gasteiger partial charge in [0.05, 0.1) is 11.3 Å². The van der Waals surface area contributed by atoms with E-state index in [-0.39, 0.29) is 0 Å². The summed E-state index contributed by atoms with van der Waals surface area (Å²) in [5.41, 5.74) is -1.00. The van der Waals surface area contributed by atoms with E-state index in [2.05, 4.69) is 16.9 Å². The zero-order valence-corrected chi connectivity index (χ0v) is 11.2. The molecule has 0 unspecified atom stereocenters. The summed E-state index contributed by atoms with van der Waals surface area (Å²) in [6.45, 7) is 6.19. The number of aromatic amines is 1. The van der Waals surface area contributed by atoms with Gasteiger partial charge in [-0.15, -0.1) is 0 Å². The molecule has 0 saturated heterocycles. The fourth-order valence-electron chi connectivity index (χ4n) is 1.15. The molecule has 0 aromatic carbocycles. The molecule has 3 N–H and O–H groups in total. The van der Waals surface area contributed by atoms with Crippen molar-refractivity contribution in [2.45, 2.75) is 19.4 Å². The van der Waals surface area contributed by atoms with Gasteiger partial charge in [-0.05, 0) is 32.1 Å². The number of hydrogen-bond donors (Lipinski definition) is 3. The monoisotopic (exact) mass is 274 g/mol. The van der Waals surface area contributed by atoms with Crippen LogP contribution >= 0.6 is 0 Å². The van der Waals surface area contributed by atoms with Gasteiger partial charge in [-0.3, -0.25) is 9.35 Å². The molecule has 1 rings (SSSR count). The average Bonchev–Trinajstić information content (AvgIpc) is 2.70. The van der Waals surface area contributed by atoms with Crippen molar-refractivity contribution in [3.63, 3.8) is 0 Å². The zero-order chi connectivity index (χ0) is 14.2. The first-order valence-electron chi connectivity index (χ1n) is 5.14. The van der Waals surface area contributed by atoms with Gasteiger partial charge in [-0.2, -0.15) is 8.42 Å². The van der Waals surface area contributed by atoms with Crippen LogP contribution in [0.25, 0.3) is 0 Å². The van der Waals surface area contributed by atoms with Crippen molar-refractivity contribution in [3.8, 4) is 0 Å². The van der Waals surface area contributed by atoms with Crippen LogP contribution < -0.4 is 5.32 Å². The second-order valence-electron chi connectivity index (χ2n) is 4.19. The van der Waals surface area contributed by atoms with Crippen LogP contribution in [0.1, 0.15) is 13.8 Å². The van der Waals surface area contributed by atoms with Crippen LogP contribution in [0.4, 0.5) is 0 Å². The topological polar surface area (TPSA) is 99.3 Å². The predicted molar refractivity (Wildman–Crippen MR) is 69.6 cm³/mol. The fourth-order valence-corrected chi connectivity index (χ4v) is 2.14. The van der Waals surface area contributed by atoms with Crippen LogP contribution in [0.15, 0.2) is 37.2 Å². The summed E-state index contributed by atoms with van der Waals surface area (Å²) in [5.74, 6) is -1.01. The minimum absolute atomic E-state index is 0.478. The summed E-state index contributed by atoms with van der Waals surface area (Å²) >= 11 is 0. The van der Waals surface area contributed by atoms with E-state index in [1.54, 1.807) is 0 Å². The molecular weight excluding hydrogens is 256 g/mol. The van der Waals surface area contributed by atoms with E-state index in [1.165, 1.54) is 13.8 Å². The number of H-pyrrole nitrogens is 1. The fraction of sp³-hybridized carbons (Fsp3) is 0.364. The van der Waals surface area contributed by atoms with Gasteiger partial charge in [0.25, 0.3) is 10.1 Å². The molecule has 0 aliphatic carbocycles. The zero-order valence-electron chi connectivity index (χ0n) is 10.4. The maximum Gasteiger partial charge on any atom is 0.267 e. The Labute approximate surface area is 107 Å². The van der Waals surface area contributed by atoms with Crippen LogP contribution in [0.3, 0.4) is 0 Å². The number of carbonyl (C=O) groups excluding carboxylic acids is 1. The third kappa shape index (κ3) is 9.61. The molecule has 0 spiro atoms. The normalized spacial score (nSPS) is 11.1. The lowest BCUT2D eigenvalue weighted by molar-refractivity contribution is -0.117. The van der Waals surface area contributed by atoms with Crippen molar-refractivity contribution >= 4 is 16.0 Å². The Hall–Kier alpha value is -1.60. The molecule has 1 aromatic heterocycles. The molecule has 102 valence electrons. The van der Waals surface area contributed by atoms with Crippen molar-refractivity contribution in [2.75, 3.05) is 5.75 Å². The van der Waals surface area contributed by atoms with Gasteiger partial charge in [0.15, 0.2) is 0 Å². The molecule has 6 nitrogen and oxygen atoms in total. The van der Waals surface area contributed by atoms with E-state index < -0.39 is 27.3 Å². The van der Waals surface area contributed by atoms with Crippen LogP contribution in [0.2, 0.25) is 0 Å². The molecule has 0 aliphatic heterocycles. The Morgan fingerprint density at radius 2 is 1.94 bits per heavy atom. The van der Waals surface area contributed by atoms with E-state index in [9.17, 15) is 13.2 Å². The summed E-state index contributed by atoms with van der Waals surface area (Å²) in [6, 6.07) is 3.89. The van der Waals surface area contributed by atoms with E-state index in [0.717, 1.165) is 6.08 Å². The molecule has 0 atom stereocenters. The minimum atomic E-state index is -4.08. The van der Waals surface area contributed by atoms with Crippen molar-refractivity contribution in [2.24, 2.45) is 0 Å². The third-order valence-electron chi connectivity index (χ3n) is 1.69. The van der Waals surface area contributed by atoms with Gasteiger partial charge < -0.3 is 10.3 Å². The quantitative estimate of drug-likeness (QED) is 0.562. The lowest BCUT2D eigenvalue weighted by atomic mass is 10.1. The number of carbonyl (C=O) groups is 1. The molecule has 0 fully saturated rings. The first kappa shape index (κ1) is 16.4. The van der Waals surface area contributed by atoms with Gasteiger partial charge >= 0.3 is 0 Å². The van der Waals surface area contributed by atoms with Crippen LogP contribution in [-0.2, 0) is 14.9 Å². The summed E-state index contributed by atoms with van der Waals surface area (Å²) < 4.78 is 29.5. The Kier molecular flexibility index (Phi) is 6.35. The SMILES string of the molecule is C=CC(=O)NC(C)(C)CS(=O)(=O)O.c1cc[nH]c1. The summed E-state index contributed by atoms with van der Waals surface area (Å²) in [6.07, 6.45) is 4.78. The Bertz CT molecular complexity index is 446. The molecule has 0 aliphatic rings. The summed E-state index contributed by atoms with van der Waals surface area (Å²) in [7, 11) is -4.08. The standard InChI is InChI=1S/C7H13NO4S.C4H5N/c1-4-6(9)8-7(2,3)5-13(10,11)12;1-2-4-5-3-1/h4H,1,5H2,2-3H3,(H,8,9)(H,10,11,12);1-5H. The number of amides is 1. The van der Waals surface area contributed by atoms with Gasteiger partial charge in [0, 0.05) is 12.4 Å². The minimum Gasteiger partial charge on any atom is -0.368 e. The first-order valence-corrected chi connectivity index (χ1v) is 6.75. The summed E-state index contributed by atoms with van der Waals surface area (Å²) in [4.78, 5) is 13.7. The van der Waals surface area contributed by atoms with Crippen molar-refractivity contribution in [1.82, 2.24) is 10.3 Å². The van der Waals surface area contributed by atoms with Crippen molar-refractivity contribution in [1.29, 1.82) is 0 Å². The third-order valence-corrected chi connectivity index (χ3v) is 2.77. The number of aromatic nitrogens is 1. The Balaban J connectivity index is 0.000000473. The smallest absolute Gasteiger partial charge is 0.267 e. The Morgan fingerprint density at radius 3 is 2.22 bits per heavy atom. The average molecular weight is 274 g/mol. The molecule has 1 amide bonds. The van der Waals surface area contributed by atoms with Gasteiger partial charge in [0.1, 0.15) is 0 Å². The van der Waals surface area contributed by atoms with Crippen LogP contribution in [-0.4, -0.2) is 35.2 Å². The highest BCUT2D eigenvalue weighted by Crippen LogP contribution is 2.05. The van der Waals surface area contributed by atoms with E-state index >= 15 is 0 Å². The van der Waals surface area contributed by atoms with Gasteiger partial charge in [-0.25, -0.2) is 0 Å². The molecule has 0 bridgehead atoms. The summed E-state index contributed by atoms with van der Waals surface area (Å²) in [5, 5.41) is 2.37. The largest absolute Gasteiger partial charge is 0.368 e. The number of rotatable bonds is 4. The highest BCUT2D eigenvalue weighted by molar-refractivity contribution is 7.85. The van der Waals surface area contributed by atoms with E-state index in [0.29, 0.717) is 0 Å². The lowest BCUT2D eigenvalue weighted by Crippen LogP contribution is -2.47. The molecule has 7 heteroatoms. The van der Waals surface area contributed by atoms with Crippen molar-refractivity contribution < 1.29 is 17.8 Å². The molecule has 18 heavy (non-hydrogen) atoms. The van der Waals surface area contributed by atoms with Gasteiger partial charge in [-0.1, -0.05) is 6.58 Å². The second-order valence-corrected chi connectivity index (χ2v) is 5.64.